The molecule has 0 radical (unpaired) electrons. The highest BCUT2D eigenvalue weighted by Crippen LogP contribution is 2.41. The van der Waals surface area contributed by atoms with Gasteiger partial charge in [-0.3, -0.25) is 0 Å². The minimum Gasteiger partial charge on any atom is -0.326 e. The van der Waals surface area contributed by atoms with E-state index in [-0.39, 0.29) is 0 Å². The zero-order valence-electron chi connectivity index (χ0n) is 10.2. The summed E-state index contributed by atoms with van der Waals surface area (Å²) in [7, 11) is 0. The summed E-state index contributed by atoms with van der Waals surface area (Å²) >= 11 is 0. The molecule has 0 amide bonds. The molecule has 1 nitrogen and oxygen atoms in total. The van der Waals surface area contributed by atoms with Crippen molar-refractivity contribution in [2.24, 2.45) is 5.92 Å². The second-order valence-corrected chi connectivity index (χ2v) is 6.05. The first-order chi connectivity index (χ1) is 7.24. The largest absolute Gasteiger partial charge is 0.326 e. The van der Waals surface area contributed by atoms with Gasteiger partial charge in [0.15, 0.2) is 0 Å². The van der Waals surface area contributed by atoms with Crippen molar-refractivity contribution in [1.82, 2.24) is 0 Å². The number of hydrogen-bond acceptors (Lipinski definition) is 0. The molecule has 1 unspecified atom stereocenters. The number of fused-ring (bicyclic) bond motifs is 2. The summed E-state index contributed by atoms with van der Waals surface area (Å²) in [6.07, 6.45) is 8.57. The monoisotopic (exact) mass is 206 g/mol. The molecular formula is C14H24N+. The van der Waals surface area contributed by atoms with Gasteiger partial charge in [-0.25, -0.2) is 0 Å². The minimum absolute atomic E-state index is 0.560. The molecule has 1 aliphatic carbocycles. The molecular weight excluding hydrogens is 182 g/mol. The van der Waals surface area contributed by atoms with Crippen LogP contribution in [0, 0.1) is 5.92 Å². The zero-order chi connectivity index (χ0) is 10.5. The highest BCUT2D eigenvalue weighted by Gasteiger charge is 2.51. The lowest BCUT2D eigenvalue weighted by Gasteiger charge is -2.38. The van der Waals surface area contributed by atoms with Crippen LogP contribution in [0.4, 0.5) is 0 Å². The first-order valence-electron chi connectivity index (χ1n) is 6.80. The van der Waals surface area contributed by atoms with Crippen LogP contribution in [0.5, 0.6) is 0 Å². The molecule has 0 saturated carbocycles. The lowest BCUT2D eigenvalue weighted by atomic mass is 9.81. The van der Waals surface area contributed by atoms with Crippen molar-refractivity contribution in [2.75, 3.05) is 13.1 Å². The molecule has 0 aromatic heterocycles. The summed E-state index contributed by atoms with van der Waals surface area (Å²) in [5.41, 5.74) is 4.31. The Morgan fingerprint density at radius 3 is 3.00 bits per heavy atom. The van der Waals surface area contributed by atoms with Crippen LogP contribution >= 0.6 is 0 Å². The number of quaternary nitrogens is 1. The average Bonchev–Trinajstić information content (AvgIpc) is 2.80. The van der Waals surface area contributed by atoms with Gasteiger partial charge < -0.3 is 4.90 Å². The third-order valence-electron chi connectivity index (χ3n) is 5.32. The van der Waals surface area contributed by atoms with E-state index in [1.54, 1.807) is 0 Å². The normalized spacial score (nSPS) is 44.4. The fourth-order valence-corrected chi connectivity index (χ4v) is 4.42. The Balaban J connectivity index is 1.94. The lowest BCUT2D eigenvalue weighted by Crippen LogP contribution is -3.18. The second kappa shape index (κ2) is 3.35. The van der Waals surface area contributed by atoms with Crippen LogP contribution in [-0.2, 0) is 0 Å². The second-order valence-electron chi connectivity index (χ2n) is 6.05. The number of nitrogens with one attached hydrogen (secondary N) is 1. The van der Waals surface area contributed by atoms with Gasteiger partial charge in [0, 0.05) is 18.8 Å². The Labute approximate surface area is 93.5 Å². The summed E-state index contributed by atoms with van der Waals surface area (Å²) in [6, 6.07) is 0. The predicted octanol–water partition coefficient (Wildman–Crippen LogP) is 1.94. The summed E-state index contributed by atoms with van der Waals surface area (Å²) < 4.78 is 0. The molecule has 15 heavy (non-hydrogen) atoms. The number of hydrogen-bond donors (Lipinski definition) is 1. The summed E-state index contributed by atoms with van der Waals surface area (Å²) in [6.45, 7) is 7.79. The van der Waals surface area contributed by atoms with Crippen molar-refractivity contribution < 1.29 is 4.90 Å². The van der Waals surface area contributed by atoms with Gasteiger partial charge in [0.25, 0.3) is 0 Å². The van der Waals surface area contributed by atoms with Gasteiger partial charge in [-0.2, -0.15) is 0 Å². The van der Waals surface area contributed by atoms with Crippen LogP contribution in [0.15, 0.2) is 11.1 Å². The molecule has 3 atom stereocenters. The molecule has 0 aromatic carbocycles. The Bertz CT molecular complexity index is 304. The molecule has 1 heteroatoms. The standard InChI is InChI=1S/C14H23N/c1-3-11-9-14(2)13-6-4-5-12(13)7-8-15(14)10-11/h11H,3-10H2,1-2H3/p+1/t11-,14-/m1/s1. The van der Waals surface area contributed by atoms with Crippen molar-refractivity contribution in [3.05, 3.63) is 11.1 Å². The molecule has 3 aliphatic rings. The molecule has 0 spiro atoms. The fraction of sp³-hybridized carbons (Fsp3) is 0.857. The lowest BCUT2D eigenvalue weighted by molar-refractivity contribution is -0.934. The van der Waals surface area contributed by atoms with E-state index in [1.165, 1.54) is 51.6 Å². The first-order valence-corrected chi connectivity index (χ1v) is 6.80. The van der Waals surface area contributed by atoms with Crippen LogP contribution in [0.1, 0.15) is 52.4 Å². The van der Waals surface area contributed by atoms with E-state index in [4.69, 9.17) is 0 Å². The first kappa shape index (κ1) is 9.89. The van der Waals surface area contributed by atoms with E-state index in [2.05, 4.69) is 13.8 Å². The maximum absolute atomic E-state index is 2.55. The molecule has 84 valence electrons. The molecule has 0 aromatic rings. The predicted molar refractivity (Wildman–Crippen MR) is 63.0 cm³/mol. The minimum atomic E-state index is 0.560. The zero-order valence-corrected chi connectivity index (χ0v) is 10.2. The molecule has 1 saturated heterocycles. The Morgan fingerprint density at radius 1 is 1.33 bits per heavy atom. The van der Waals surface area contributed by atoms with E-state index in [0.29, 0.717) is 5.54 Å². The molecule has 0 bridgehead atoms. The Kier molecular flexibility index (Phi) is 2.21. The van der Waals surface area contributed by atoms with Crippen LogP contribution in [0.3, 0.4) is 0 Å². The van der Waals surface area contributed by atoms with E-state index in [1.807, 2.05) is 16.0 Å². The summed E-state index contributed by atoms with van der Waals surface area (Å²) in [4.78, 5) is 1.91. The fourth-order valence-electron chi connectivity index (χ4n) is 4.42. The molecule has 1 N–H and O–H groups in total. The van der Waals surface area contributed by atoms with Gasteiger partial charge in [0.05, 0.1) is 13.1 Å². The van der Waals surface area contributed by atoms with E-state index in [9.17, 15) is 0 Å². The van der Waals surface area contributed by atoms with Crippen molar-refractivity contribution in [3.63, 3.8) is 0 Å². The van der Waals surface area contributed by atoms with Gasteiger partial charge in [-0.15, -0.1) is 0 Å². The van der Waals surface area contributed by atoms with Crippen LogP contribution in [-0.4, -0.2) is 18.6 Å². The van der Waals surface area contributed by atoms with E-state index >= 15 is 0 Å². The van der Waals surface area contributed by atoms with Gasteiger partial charge in [-0.1, -0.05) is 12.5 Å². The van der Waals surface area contributed by atoms with Gasteiger partial charge >= 0.3 is 0 Å². The maximum atomic E-state index is 2.55. The van der Waals surface area contributed by atoms with Crippen molar-refractivity contribution >= 4 is 0 Å². The third-order valence-corrected chi connectivity index (χ3v) is 5.32. The van der Waals surface area contributed by atoms with E-state index in [0.717, 1.165) is 5.92 Å². The quantitative estimate of drug-likeness (QED) is 0.625. The molecule has 2 aliphatic heterocycles. The maximum Gasteiger partial charge on any atom is 0.117 e. The Morgan fingerprint density at radius 2 is 2.20 bits per heavy atom. The smallest absolute Gasteiger partial charge is 0.117 e. The van der Waals surface area contributed by atoms with Crippen molar-refractivity contribution in [2.45, 2.75) is 57.9 Å². The Hall–Kier alpha value is -0.300. The highest BCUT2D eigenvalue weighted by molar-refractivity contribution is 5.30. The molecule has 3 rings (SSSR count). The third kappa shape index (κ3) is 1.32. The summed E-state index contributed by atoms with van der Waals surface area (Å²) in [5, 5.41) is 0. The highest BCUT2D eigenvalue weighted by atomic mass is 15.2. The van der Waals surface area contributed by atoms with E-state index < -0.39 is 0 Å². The van der Waals surface area contributed by atoms with Crippen LogP contribution in [0.2, 0.25) is 0 Å². The van der Waals surface area contributed by atoms with Crippen molar-refractivity contribution in [3.8, 4) is 0 Å². The molecule has 1 fully saturated rings. The molecule has 2 heterocycles. The summed E-state index contributed by atoms with van der Waals surface area (Å²) in [5.74, 6) is 0.998. The van der Waals surface area contributed by atoms with Crippen LogP contribution in [0.25, 0.3) is 0 Å². The number of rotatable bonds is 1. The average molecular weight is 206 g/mol. The van der Waals surface area contributed by atoms with Gasteiger partial charge in [-0.05, 0) is 38.2 Å². The SMILES string of the molecule is CC[C@H]1C[NH+]2CCC3=C(CCC3)[C@@]2(C)C1. The van der Waals surface area contributed by atoms with Gasteiger partial charge in [0.2, 0.25) is 0 Å². The topological polar surface area (TPSA) is 4.44 Å². The van der Waals surface area contributed by atoms with Crippen LogP contribution < -0.4 is 4.90 Å². The van der Waals surface area contributed by atoms with Crippen molar-refractivity contribution in [1.29, 1.82) is 0 Å². The van der Waals surface area contributed by atoms with Gasteiger partial charge in [0.1, 0.15) is 5.54 Å².